The number of hydrogen-bond donors (Lipinski definition) is 2. The second-order valence-electron chi connectivity index (χ2n) is 3.85. The zero-order valence-electron chi connectivity index (χ0n) is 9.84. The lowest BCUT2D eigenvalue weighted by atomic mass is 10.0. The number of rotatable bonds is 6. The standard InChI is InChI=1S/C11H16FN3O2.ClH/c12-10-5-4-8(15(16)17)7-9(10)11(14)3-1-2-6-13;/h4-5,7,11H,1-3,6,13-14H2;1H/t11-;/m0./s1. The molecule has 5 nitrogen and oxygen atoms in total. The summed E-state index contributed by atoms with van der Waals surface area (Å²) in [5.41, 5.74) is 11.2. The Morgan fingerprint density at radius 2 is 2.06 bits per heavy atom. The predicted molar refractivity (Wildman–Crippen MR) is 70.1 cm³/mol. The molecule has 4 N–H and O–H groups in total. The van der Waals surface area contributed by atoms with E-state index in [1.807, 2.05) is 0 Å². The molecule has 0 saturated carbocycles. The Bertz CT molecular complexity index is 404. The highest BCUT2D eigenvalue weighted by Gasteiger charge is 2.15. The molecule has 0 amide bonds. The van der Waals surface area contributed by atoms with Crippen LogP contribution in [0.5, 0.6) is 0 Å². The van der Waals surface area contributed by atoms with Crippen molar-refractivity contribution in [1.29, 1.82) is 0 Å². The van der Waals surface area contributed by atoms with Crippen molar-refractivity contribution in [3.63, 3.8) is 0 Å². The highest BCUT2D eigenvalue weighted by molar-refractivity contribution is 5.85. The normalized spacial score (nSPS) is 11.7. The highest BCUT2D eigenvalue weighted by atomic mass is 35.5. The number of nitrogens with two attached hydrogens (primary N) is 2. The van der Waals surface area contributed by atoms with Gasteiger partial charge in [-0.05, 0) is 25.5 Å². The summed E-state index contributed by atoms with van der Waals surface area (Å²) < 4.78 is 13.5. The maximum Gasteiger partial charge on any atom is 0.269 e. The third-order valence-electron chi connectivity index (χ3n) is 2.56. The second-order valence-corrected chi connectivity index (χ2v) is 3.85. The van der Waals surface area contributed by atoms with Crippen LogP contribution in [0.25, 0.3) is 0 Å². The van der Waals surface area contributed by atoms with Gasteiger partial charge in [-0.25, -0.2) is 4.39 Å². The molecular weight excluding hydrogens is 261 g/mol. The maximum absolute atomic E-state index is 13.5. The largest absolute Gasteiger partial charge is 0.330 e. The third kappa shape index (κ3) is 4.56. The number of hydrogen-bond acceptors (Lipinski definition) is 4. The van der Waals surface area contributed by atoms with E-state index >= 15 is 0 Å². The fourth-order valence-electron chi connectivity index (χ4n) is 1.59. The monoisotopic (exact) mass is 277 g/mol. The van der Waals surface area contributed by atoms with Gasteiger partial charge in [0.2, 0.25) is 0 Å². The first-order valence-corrected chi connectivity index (χ1v) is 5.45. The van der Waals surface area contributed by atoms with Gasteiger partial charge < -0.3 is 11.5 Å². The molecule has 1 aromatic rings. The van der Waals surface area contributed by atoms with E-state index in [1.165, 1.54) is 6.07 Å². The van der Waals surface area contributed by atoms with Gasteiger partial charge in [0.1, 0.15) is 5.82 Å². The molecule has 0 aliphatic rings. The Morgan fingerprint density at radius 3 is 2.61 bits per heavy atom. The molecule has 7 heteroatoms. The van der Waals surface area contributed by atoms with Crippen molar-refractivity contribution >= 4 is 18.1 Å². The minimum atomic E-state index is -0.560. The van der Waals surface area contributed by atoms with Crippen molar-refractivity contribution < 1.29 is 9.31 Å². The Hall–Kier alpha value is -1.24. The van der Waals surface area contributed by atoms with E-state index in [4.69, 9.17) is 11.5 Å². The van der Waals surface area contributed by atoms with Crippen LogP contribution in [0.1, 0.15) is 30.9 Å². The topological polar surface area (TPSA) is 95.2 Å². The SMILES string of the molecule is Cl.NCCCC[C@H](N)c1cc([N+](=O)[O-])ccc1F. The van der Waals surface area contributed by atoms with Crippen LogP contribution in [-0.2, 0) is 0 Å². The third-order valence-corrected chi connectivity index (χ3v) is 2.56. The van der Waals surface area contributed by atoms with Crippen LogP contribution in [0.15, 0.2) is 18.2 Å². The van der Waals surface area contributed by atoms with E-state index in [-0.39, 0.29) is 23.7 Å². The minimum absolute atomic E-state index is 0. The van der Waals surface area contributed by atoms with Gasteiger partial charge in [-0.15, -0.1) is 12.4 Å². The molecule has 1 atom stereocenters. The zero-order valence-corrected chi connectivity index (χ0v) is 10.7. The fraction of sp³-hybridized carbons (Fsp3) is 0.455. The fourth-order valence-corrected chi connectivity index (χ4v) is 1.59. The molecule has 0 aromatic heterocycles. The molecule has 0 aliphatic heterocycles. The molecule has 0 radical (unpaired) electrons. The molecule has 18 heavy (non-hydrogen) atoms. The molecule has 1 aromatic carbocycles. The van der Waals surface area contributed by atoms with Crippen LogP contribution in [0.2, 0.25) is 0 Å². The highest BCUT2D eigenvalue weighted by Crippen LogP contribution is 2.24. The smallest absolute Gasteiger partial charge is 0.269 e. The number of nitro benzene ring substituents is 1. The van der Waals surface area contributed by atoms with Gasteiger partial charge in [0.15, 0.2) is 0 Å². The molecule has 0 heterocycles. The van der Waals surface area contributed by atoms with Crippen LogP contribution < -0.4 is 11.5 Å². The Kier molecular flexibility index (Phi) is 7.42. The maximum atomic E-state index is 13.5. The van der Waals surface area contributed by atoms with Crippen LogP contribution in [0, 0.1) is 15.9 Å². The molecule has 0 spiro atoms. The van der Waals surface area contributed by atoms with Gasteiger partial charge in [0, 0.05) is 23.7 Å². The van der Waals surface area contributed by atoms with Crippen LogP contribution >= 0.6 is 12.4 Å². The van der Waals surface area contributed by atoms with Crippen LogP contribution in [0.4, 0.5) is 10.1 Å². The average Bonchev–Trinajstić information content (AvgIpc) is 2.29. The second kappa shape index (κ2) is 7.97. The van der Waals surface area contributed by atoms with Crippen molar-refractivity contribution in [2.45, 2.75) is 25.3 Å². The summed E-state index contributed by atoms with van der Waals surface area (Å²) in [6, 6.07) is 2.88. The zero-order chi connectivity index (χ0) is 12.8. The molecule has 0 fully saturated rings. The summed E-state index contributed by atoms with van der Waals surface area (Å²) >= 11 is 0. The number of nitro groups is 1. The van der Waals surface area contributed by atoms with Gasteiger partial charge in [-0.3, -0.25) is 10.1 Å². The summed E-state index contributed by atoms with van der Waals surface area (Å²) in [5, 5.41) is 10.6. The number of halogens is 2. The van der Waals surface area contributed by atoms with Crippen molar-refractivity contribution in [1.82, 2.24) is 0 Å². The minimum Gasteiger partial charge on any atom is -0.330 e. The van der Waals surface area contributed by atoms with Crippen molar-refractivity contribution in [2.75, 3.05) is 6.54 Å². The number of benzene rings is 1. The van der Waals surface area contributed by atoms with Crippen molar-refractivity contribution in [2.24, 2.45) is 11.5 Å². The molecule has 102 valence electrons. The van der Waals surface area contributed by atoms with E-state index < -0.39 is 16.8 Å². The Balaban J connectivity index is 0.00000289. The molecular formula is C11H17ClFN3O2. The van der Waals surface area contributed by atoms with Gasteiger partial charge in [-0.1, -0.05) is 6.42 Å². The average molecular weight is 278 g/mol. The Labute approximate surface area is 111 Å². The first-order chi connectivity index (χ1) is 8.06. The molecule has 0 aliphatic carbocycles. The predicted octanol–water partition coefficient (Wildman–Crippen LogP) is 2.28. The number of non-ortho nitro benzene ring substituents is 1. The van der Waals surface area contributed by atoms with Crippen LogP contribution in [-0.4, -0.2) is 11.5 Å². The van der Waals surface area contributed by atoms with E-state index in [1.54, 1.807) is 0 Å². The summed E-state index contributed by atoms with van der Waals surface area (Å²) in [4.78, 5) is 10.0. The van der Waals surface area contributed by atoms with Gasteiger partial charge in [0.25, 0.3) is 5.69 Å². The summed E-state index contributed by atoms with van der Waals surface area (Å²) in [7, 11) is 0. The summed E-state index contributed by atoms with van der Waals surface area (Å²) in [5.74, 6) is -0.504. The molecule has 1 rings (SSSR count). The van der Waals surface area contributed by atoms with Gasteiger partial charge >= 0.3 is 0 Å². The van der Waals surface area contributed by atoms with Crippen LogP contribution in [0.3, 0.4) is 0 Å². The lowest BCUT2D eigenvalue weighted by Gasteiger charge is -2.12. The number of nitrogens with zero attached hydrogens (tertiary/aromatic N) is 1. The first-order valence-electron chi connectivity index (χ1n) is 5.45. The van der Waals surface area contributed by atoms with Gasteiger partial charge in [0.05, 0.1) is 4.92 Å². The van der Waals surface area contributed by atoms with E-state index in [0.29, 0.717) is 13.0 Å². The number of unbranched alkanes of at least 4 members (excludes halogenated alkanes) is 1. The van der Waals surface area contributed by atoms with Crippen molar-refractivity contribution in [3.8, 4) is 0 Å². The summed E-state index contributed by atoms with van der Waals surface area (Å²) in [6.45, 7) is 0.560. The summed E-state index contributed by atoms with van der Waals surface area (Å²) in [6.07, 6.45) is 2.15. The first kappa shape index (κ1) is 16.8. The quantitative estimate of drug-likeness (QED) is 0.474. The van der Waals surface area contributed by atoms with E-state index in [0.717, 1.165) is 25.0 Å². The lowest BCUT2D eigenvalue weighted by molar-refractivity contribution is -0.385. The molecule has 0 bridgehead atoms. The molecule has 0 unspecified atom stereocenters. The van der Waals surface area contributed by atoms with E-state index in [9.17, 15) is 14.5 Å². The Morgan fingerprint density at radius 1 is 1.39 bits per heavy atom. The van der Waals surface area contributed by atoms with E-state index in [2.05, 4.69) is 0 Å². The lowest BCUT2D eigenvalue weighted by Crippen LogP contribution is -2.13. The van der Waals surface area contributed by atoms with Gasteiger partial charge in [-0.2, -0.15) is 0 Å². The molecule has 0 saturated heterocycles. The van der Waals surface area contributed by atoms with Crippen molar-refractivity contribution in [3.05, 3.63) is 39.7 Å².